The fourth-order valence-corrected chi connectivity index (χ4v) is 5.53. The molecule has 3 aromatic rings. The standard InChI is InChI=1S/C30H36BrN3O4S/c1-3-20-32-30(36)28(22-24-11-6-4-7-12-24)33(23-25-16-18-26(31)19-17-25)29(35)15-10-21-34(39(2,37)38)27-13-8-5-9-14-27/h4-9,11-14,16-19,28H,3,10,15,20-23H2,1-2H3,(H,32,36). The van der Waals surface area contributed by atoms with Crippen LogP contribution >= 0.6 is 15.9 Å². The van der Waals surface area contributed by atoms with Crippen LogP contribution in [-0.2, 0) is 32.6 Å². The predicted molar refractivity (Wildman–Crippen MR) is 160 cm³/mol. The molecule has 1 unspecified atom stereocenters. The van der Waals surface area contributed by atoms with Gasteiger partial charge in [-0.1, -0.05) is 83.5 Å². The van der Waals surface area contributed by atoms with Crippen molar-refractivity contribution in [1.29, 1.82) is 0 Å². The van der Waals surface area contributed by atoms with Gasteiger partial charge in [-0.3, -0.25) is 13.9 Å². The molecule has 2 amide bonds. The van der Waals surface area contributed by atoms with Crippen molar-refractivity contribution >= 4 is 43.5 Å². The van der Waals surface area contributed by atoms with Crippen LogP contribution < -0.4 is 9.62 Å². The minimum atomic E-state index is -3.53. The monoisotopic (exact) mass is 613 g/mol. The Morgan fingerprint density at radius 3 is 2.10 bits per heavy atom. The van der Waals surface area contributed by atoms with Gasteiger partial charge in [-0.2, -0.15) is 0 Å². The van der Waals surface area contributed by atoms with E-state index >= 15 is 0 Å². The first kappa shape index (κ1) is 30.4. The lowest BCUT2D eigenvalue weighted by atomic mass is 10.0. The van der Waals surface area contributed by atoms with Gasteiger partial charge >= 0.3 is 0 Å². The quantitative estimate of drug-likeness (QED) is 0.272. The largest absolute Gasteiger partial charge is 0.354 e. The highest BCUT2D eigenvalue weighted by Crippen LogP contribution is 2.20. The van der Waals surface area contributed by atoms with E-state index in [1.165, 1.54) is 4.31 Å². The van der Waals surface area contributed by atoms with Crippen LogP contribution in [0.2, 0.25) is 0 Å². The third kappa shape index (κ3) is 9.51. The lowest BCUT2D eigenvalue weighted by Crippen LogP contribution is -2.50. The maximum Gasteiger partial charge on any atom is 0.243 e. The van der Waals surface area contributed by atoms with E-state index in [9.17, 15) is 18.0 Å². The predicted octanol–water partition coefficient (Wildman–Crippen LogP) is 5.16. The van der Waals surface area contributed by atoms with Crippen LogP contribution in [0.1, 0.15) is 37.3 Å². The highest BCUT2D eigenvalue weighted by molar-refractivity contribution is 9.10. The summed E-state index contributed by atoms with van der Waals surface area (Å²) >= 11 is 3.45. The third-order valence-electron chi connectivity index (χ3n) is 6.28. The number of hydrogen-bond acceptors (Lipinski definition) is 4. The van der Waals surface area contributed by atoms with Crippen molar-refractivity contribution in [3.63, 3.8) is 0 Å². The first-order valence-electron chi connectivity index (χ1n) is 13.1. The molecule has 3 rings (SSSR count). The number of para-hydroxylation sites is 1. The highest BCUT2D eigenvalue weighted by atomic mass is 79.9. The van der Waals surface area contributed by atoms with Gasteiger partial charge in [0.25, 0.3) is 0 Å². The Bertz CT molecular complexity index is 1300. The maximum absolute atomic E-state index is 13.8. The summed E-state index contributed by atoms with van der Waals surface area (Å²) in [6, 6.07) is 25.5. The smallest absolute Gasteiger partial charge is 0.243 e. The third-order valence-corrected chi connectivity index (χ3v) is 8.01. The van der Waals surface area contributed by atoms with E-state index in [0.29, 0.717) is 25.1 Å². The molecule has 0 fully saturated rings. The number of benzene rings is 3. The van der Waals surface area contributed by atoms with Crippen molar-refractivity contribution in [2.24, 2.45) is 0 Å². The molecule has 39 heavy (non-hydrogen) atoms. The molecule has 0 bridgehead atoms. The lowest BCUT2D eigenvalue weighted by molar-refractivity contribution is -0.141. The Kier molecular flexibility index (Phi) is 11.6. The molecular formula is C30H36BrN3O4S. The number of rotatable bonds is 14. The molecule has 0 aliphatic carbocycles. The summed E-state index contributed by atoms with van der Waals surface area (Å²) in [5.74, 6) is -0.403. The van der Waals surface area contributed by atoms with Gasteiger partial charge in [-0.15, -0.1) is 0 Å². The van der Waals surface area contributed by atoms with Gasteiger partial charge in [-0.05, 0) is 48.2 Å². The number of carbonyl (C=O) groups is 2. The number of sulfonamides is 1. The van der Waals surface area contributed by atoms with E-state index in [0.717, 1.165) is 28.3 Å². The van der Waals surface area contributed by atoms with Crippen LogP contribution in [0.4, 0.5) is 5.69 Å². The van der Waals surface area contributed by atoms with Gasteiger partial charge in [0.05, 0.1) is 11.9 Å². The minimum absolute atomic E-state index is 0.0989. The molecular weight excluding hydrogens is 578 g/mol. The second-order valence-corrected chi connectivity index (χ2v) is 12.2. The molecule has 1 N–H and O–H groups in total. The van der Waals surface area contributed by atoms with Crippen LogP contribution in [-0.4, -0.2) is 50.5 Å². The average molecular weight is 615 g/mol. The number of nitrogens with one attached hydrogen (secondary N) is 1. The van der Waals surface area contributed by atoms with Gasteiger partial charge in [0.1, 0.15) is 6.04 Å². The molecule has 0 saturated heterocycles. The zero-order valence-corrected chi connectivity index (χ0v) is 24.8. The Hall–Kier alpha value is -3.17. The molecule has 1 atom stereocenters. The number of anilines is 1. The second-order valence-electron chi connectivity index (χ2n) is 9.42. The van der Waals surface area contributed by atoms with Crippen LogP contribution in [0.15, 0.2) is 89.4 Å². The topological polar surface area (TPSA) is 86.8 Å². The summed E-state index contributed by atoms with van der Waals surface area (Å²) in [5, 5.41) is 2.97. The molecule has 0 aliphatic heterocycles. The van der Waals surface area contributed by atoms with Crippen LogP contribution in [0.25, 0.3) is 0 Å². The summed E-state index contributed by atoms with van der Waals surface area (Å²) < 4.78 is 27.2. The van der Waals surface area contributed by atoms with Crippen molar-refractivity contribution in [3.05, 3.63) is 101 Å². The molecule has 208 valence electrons. The van der Waals surface area contributed by atoms with Crippen molar-refractivity contribution in [1.82, 2.24) is 10.2 Å². The number of hydrogen-bond donors (Lipinski definition) is 1. The normalized spacial score (nSPS) is 12.0. The van der Waals surface area contributed by atoms with E-state index in [1.54, 1.807) is 29.2 Å². The number of halogens is 1. The fraction of sp³-hybridized carbons (Fsp3) is 0.333. The average Bonchev–Trinajstić information content (AvgIpc) is 2.93. The second kappa shape index (κ2) is 14.8. The van der Waals surface area contributed by atoms with E-state index in [1.807, 2.05) is 67.6 Å². The highest BCUT2D eigenvalue weighted by Gasteiger charge is 2.30. The molecule has 9 heteroatoms. The number of amides is 2. The van der Waals surface area contributed by atoms with Crippen molar-refractivity contribution in [2.45, 2.75) is 45.2 Å². The molecule has 0 saturated carbocycles. The fourth-order valence-electron chi connectivity index (χ4n) is 4.30. The Morgan fingerprint density at radius 1 is 0.897 bits per heavy atom. The maximum atomic E-state index is 13.8. The molecule has 0 heterocycles. The Labute approximate surface area is 240 Å². The summed E-state index contributed by atoms with van der Waals surface area (Å²) in [6.07, 6.45) is 2.73. The minimum Gasteiger partial charge on any atom is -0.354 e. The molecule has 0 radical (unpaired) electrons. The van der Waals surface area contributed by atoms with Gasteiger partial charge in [0.2, 0.25) is 21.8 Å². The Balaban J connectivity index is 1.85. The van der Waals surface area contributed by atoms with Crippen molar-refractivity contribution < 1.29 is 18.0 Å². The molecule has 0 aromatic heterocycles. The molecule has 0 aliphatic rings. The van der Waals surface area contributed by atoms with Gasteiger partial charge in [0.15, 0.2) is 0 Å². The lowest BCUT2D eigenvalue weighted by Gasteiger charge is -2.32. The first-order valence-corrected chi connectivity index (χ1v) is 15.7. The van der Waals surface area contributed by atoms with Gasteiger partial charge in [-0.25, -0.2) is 8.42 Å². The summed E-state index contributed by atoms with van der Waals surface area (Å²) in [7, 11) is -3.53. The number of nitrogens with zero attached hydrogens (tertiary/aromatic N) is 2. The SMILES string of the molecule is CCCNC(=O)C(Cc1ccccc1)N(Cc1ccc(Br)cc1)C(=O)CCCN(c1ccccc1)S(C)(=O)=O. The van der Waals surface area contributed by atoms with E-state index in [4.69, 9.17) is 0 Å². The summed E-state index contributed by atoms with van der Waals surface area (Å²) in [6.45, 7) is 2.92. The van der Waals surface area contributed by atoms with Crippen LogP contribution in [0.5, 0.6) is 0 Å². The van der Waals surface area contributed by atoms with Crippen LogP contribution in [0, 0.1) is 0 Å². The molecule has 7 nitrogen and oxygen atoms in total. The number of carbonyl (C=O) groups excluding carboxylic acids is 2. The van der Waals surface area contributed by atoms with Crippen LogP contribution in [0.3, 0.4) is 0 Å². The molecule has 3 aromatic carbocycles. The zero-order chi connectivity index (χ0) is 28.3. The summed E-state index contributed by atoms with van der Waals surface area (Å²) in [5.41, 5.74) is 2.41. The van der Waals surface area contributed by atoms with E-state index in [2.05, 4.69) is 21.2 Å². The van der Waals surface area contributed by atoms with E-state index in [-0.39, 0.29) is 31.3 Å². The molecule has 0 spiro atoms. The Morgan fingerprint density at radius 2 is 1.51 bits per heavy atom. The zero-order valence-electron chi connectivity index (χ0n) is 22.4. The summed E-state index contributed by atoms with van der Waals surface area (Å²) in [4.78, 5) is 28.8. The first-order chi connectivity index (χ1) is 18.7. The van der Waals surface area contributed by atoms with Crippen molar-refractivity contribution in [2.75, 3.05) is 23.7 Å². The van der Waals surface area contributed by atoms with Gasteiger partial charge < -0.3 is 10.2 Å². The van der Waals surface area contributed by atoms with Gasteiger partial charge in [0, 0.05) is 36.9 Å². The van der Waals surface area contributed by atoms with Crippen molar-refractivity contribution in [3.8, 4) is 0 Å². The van der Waals surface area contributed by atoms with E-state index < -0.39 is 16.1 Å².